The van der Waals surface area contributed by atoms with Gasteiger partial charge in [0.1, 0.15) is 17.0 Å². The first kappa shape index (κ1) is 11.8. The Hall–Kier alpha value is -1.23. The van der Waals surface area contributed by atoms with E-state index in [0.717, 1.165) is 27.6 Å². The van der Waals surface area contributed by atoms with Crippen molar-refractivity contribution in [2.45, 2.75) is 45.6 Å². The Morgan fingerprint density at radius 3 is 3.06 bits per heavy atom. The molecule has 0 spiro atoms. The summed E-state index contributed by atoms with van der Waals surface area (Å²) in [5.41, 5.74) is 1.03. The van der Waals surface area contributed by atoms with E-state index < -0.39 is 0 Å². The van der Waals surface area contributed by atoms with Crippen LogP contribution in [0.1, 0.15) is 38.3 Å². The Labute approximate surface area is 111 Å². The van der Waals surface area contributed by atoms with Crippen molar-refractivity contribution in [2.24, 2.45) is 5.92 Å². The van der Waals surface area contributed by atoms with Gasteiger partial charge in [0.15, 0.2) is 0 Å². The third-order valence-electron chi connectivity index (χ3n) is 3.72. The van der Waals surface area contributed by atoms with Gasteiger partial charge < -0.3 is 5.32 Å². The lowest BCUT2D eigenvalue weighted by atomic mass is 9.87. The van der Waals surface area contributed by atoms with Crippen molar-refractivity contribution in [3.8, 4) is 0 Å². The zero-order chi connectivity index (χ0) is 12.5. The molecule has 3 rings (SSSR count). The van der Waals surface area contributed by atoms with Crippen molar-refractivity contribution >= 4 is 27.6 Å². The highest BCUT2D eigenvalue weighted by Crippen LogP contribution is 2.30. The maximum absolute atomic E-state index is 4.40. The van der Waals surface area contributed by atoms with Crippen LogP contribution in [-0.2, 0) is 0 Å². The monoisotopic (exact) mass is 262 g/mol. The second-order valence-electron chi connectivity index (χ2n) is 5.28. The molecule has 2 aromatic rings. The summed E-state index contributed by atoms with van der Waals surface area (Å²) in [5, 5.41) is 4.69. The Bertz CT molecular complexity index is 551. The van der Waals surface area contributed by atoms with Crippen LogP contribution in [0.15, 0.2) is 6.33 Å². The fourth-order valence-electron chi connectivity index (χ4n) is 2.79. The second-order valence-corrected chi connectivity index (χ2v) is 6.04. The first-order valence-electron chi connectivity index (χ1n) is 6.57. The molecular formula is C13H18N4S. The van der Waals surface area contributed by atoms with E-state index in [0.29, 0.717) is 6.04 Å². The van der Waals surface area contributed by atoms with Gasteiger partial charge in [-0.3, -0.25) is 0 Å². The average Bonchev–Trinajstić information content (AvgIpc) is 2.72. The first-order valence-corrected chi connectivity index (χ1v) is 7.35. The molecular weight excluding hydrogens is 244 g/mol. The van der Waals surface area contributed by atoms with E-state index in [-0.39, 0.29) is 0 Å². The van der Waals surface area contributed by atoms with Gasteiger partial charge in [0.05, 0.1) is 11.1 Å². The third kappa shape index (κ3) is 2.19. The summed E-state index contributed by atoms with van der Waals surface area (Å²) in [6.07, 6.45) is 6.79. The number of aromatic nitrogens is 3. The minimum atomic E-state index is 0.547. The van der Waals surface area contributed by atoms with Crippen molar-refractivity contribution in [1.82, 2.24) is 14.3 Å². The number of hydrogen-bond acceptors (Lipinski definition) is 5. The molecule has 0 aromatic carbocycles. The molecule has 0 saturated heterocycles. The molecule has 1 aliphatic carbocycles. The zero-order valence-corrected chi connectivity index (χ0v) is 11.6. The summed E-state index contributed by atoms with van der Waals surface area (Å²) in [4.78, 5) is 9.66. The predicted molar refractivity (Wildman–Crippen MR) is 75.0 cm³/mol. The highest BCUT2D eigenvalue weighted by molar-refractivity contribution is 7.13. The van der Waals surface area contributed by atoms with E-state index in [2.05, 4.69) is 26.6 Å². The van der Waals surface area contributed by atoms with Crippen molar-refractivity contribution in [2.75, 3.05) is 5.32 Å². The molecule has 4 nitrogen and oxygen atoms in total. The smallest absolute Gasteiger partial charge is 0.149 e. The van der Waals surface area contributed by atoms with Crippen LogP contribution in [0.5, 0.6) is 0 Å². The van der Waals surface area contributed by atoms with E-state index in [1.807, 2.05) is 6.92 Å². The lowest BCUT2D eigenvalue weighted by molar-refractivity contribution is 0.358. The largest absolute Gasteiger partial charge is 0.367 e. The Morgan fingerprint density at radius 2 is 2.22 bits per heavy atom. The molecule has 18 heavy (non-hydrogen) atoms. The highest BCUT2D eigenvalue weighted by atomic mass is 32.1. The second kappa shape index (κ2) is 4.80. The maximum Gasteiger partial charge on any atom is 0.149 e. The molecule has 2 heterocycles. The lowest BCUT2D eigenvalue weighted by Crippen LogP contribution is -2.26. The summed E-state index contributed by atoms with van der Waals surface area (Å²) in [5.74, 6) is 1.78. The van der Waals surface area contributed by atoms with E-state index in [1.165, 1.54) is 37.2 Å². The molecule has 1 saturated carbocycles. The predicted octanol–water partition coefficient (Wildman–Crippen LogP) is 3.39. The standard InChI is InChI=1S/C13H18N4S/c1-8-4-3-5-10(6-8)16-12-11-9(2)17-18-13(11)15-7-14-12/h7-8,10H,3-6H2,1-2H3,(H,14,15,16). The van der Waals surface area contributed by atoms with E-state index in [4.69, 9.17) is 0 Å². The van der Waals surface area contributed by atoms with Gasteiger partial charge in [-0.2, -0.15) is 4.37 Å². The Balaban J connectivity index is 1.88. The number of anilines is 1. The van der Waals surface area contributed by atoms with E-state index >= 15 is 0 Å². The molecule has 0 amide bonds. The number of hydrogen-bond donors (Lipinski definition) is 1. The number of rotatable bonds is 2. The minimum absolute atomic E-state index is 0.547. The molecule has 1 fully saturated rings. The number of nitrogens with zero attached hydrogens (tertiary/aromatic N) is 3. The summed E-state index contributed by atoms with van der Waals surface area (Å²) < 4.78 is 4.36. The fraction of sp³-hybridized carbons (Fsp3) is 0.615. The van der Waals surface area contributed by atoms with Gasteiger partial charge in [-0.05, 0) is 37.2 Å². The molecule has 1 N–H and O–H groups in total. The van der Waals surface area contributed by atoms with Crippen LogP contribution >= 0.6 is 11.5 Å². The minimum Gasteiger partial charge on any atom is -0.367 e. The Kier molecular flexibility index (Phi) is 3.16. The van der Waals surface area contributed by atoms with Crippen molar-refractivity contribution in [3.05, 3.63) is 12.0 Å². The molecule has 0 aliphatic heterocycles. The maximum atomic E-state index is 4.40. The fourth-order valence-corrected chi connectivity index (χ4v) is 3.53. The van der Waals surface area contributed by atoms with Gasteiger partial charge in [-0.25, -0.2) is 9.97 Å². The topological polar surface area (TPSA) is 50.7 Å². The number of nitrogens with one attached hydrogen (secondary N) is 1. The van der Waals surface area contributed by atoms with Crippen LogP contribution in [0, 0.1) is 12.8 Å². The van der Waals surface area contributed by atoms with Gasteiger partial charge >= 0.3 is 0 Å². The summed E-state index contributed by atoms with van der Waals surface area (Å²) in [6.45, 7) is 4.36. The van der Waals surface area contributed by atoms with Crippen molar-refractivity contribution < 1.29 is 0 Å². The van der Waals surface area contributed by atoms with Crippen LogP contribution in [0.2, 0.25) is 0 Å². The van der Waals surface area contributed by atoms with Gasteiger partial charge in [-0.15, -0.1) is 0 Å². The SMILES string of the molecule is Cc1nsc2ncnc(NC3CCCC(C)C3)c12. The molecule has 2 unspecified atom stereocenters. The van der Waals surface area contributed by atoms with Gasteiger partial charge in [0.25, 0.3) is 0 Å². The normalized spacial score (nSPS) is 24.3. The van der Waals surface area contributed by atoms with Gasteiger partial charge in [-0.1, -0.05) is 19.8 Å². The van der Waals surface area contributed by atoms with Crippen LogP contribution in [0.25, 0.3) is 10.2 Å². The van der Waals surface area contributed by atoms with Crippen LogP contribution in [0.4, 0.5) is 5.82 Å². The highest BCUT2D eigenvalue weighted by Gasteiger charge is 2.20. The molecule has 0 bridgehead atoms. The van der Waals surface area contributed by atoms with Crippen molar-refractivity contribution in [3.63, 3.8) is 0 Å². The number of fused-ring (bicyclic) bond motifs is 1. The molecule has 2 aromatic heterocycles. The van der Waals surface area contributed by atoms with Crippen LogP contribution in [0.3, 0.4) is 0 Å². The summed E-state index contributed by atoms with van der Waals surface area (Å²) in [6, 6.07) is 0.547. The quantitative estimate of drug-likeness (QED) is 0.901. The van der Waals surface area contributed by atoms with E-state index in [1.54, 1.807) is 6.33 Å². The van der Waals surface area contributed by atoms with Crippen molar-refractivity contribution in [1.29, 1.82) is 0 Å². The average molecular weight is 262 g/mol. The van der Waals surface area contributed by atoms with Crippen LogP contribution < -0.4 is 5.32 Å². The lowest BCUT2D eigenvalue weighted by Gasteiger charge is -2.28. The first-order chi connectivity index (χ1) is 8.74. The van der Waals surface area contributed by atoms with Gasteiger partial charge in [0.2, 0.25) is 0 Å². The van der Waals surface area contributed by atoms with Gasteiger partial charge in [0, 0.05) is 6.04 Å². The third-order valence-corrected chi connectivity index (χ3v) is 4.57. The molecule has 1 aliphatic rings. The number of aryl methyl sites for hydroxylation is 1. The zero-order valence-electron chi connectivity index (χ0n) is 10.8. The molecule has 0 radical (unpaired) electrons. The Morgan fingerprint density at radius 1 is 1.33 bits per heavy atom. The molecule has 5 heteroatoms. The molecule has 2 atom stereocenters. The van der Waals surface area contributed by atoms with E-state index in [9.17, 15) is 0 Å². The summed E-state index contributed by atoms with van der Waals surface area (Å²) >= 11 is 1.45. The molecule has 96 valence electrons. The summed E-state index contributed by atoms with van der Waals surface area (Å²) in [7, 11) is 0. The van der Waals surface area contributed by atoms with Crippen LogP contribution in [-0.4, -0.2) is 20.4 Å².